The fourth-order valence-corrected chi connectivity index (χ4v) is 3.72. The summed E-state index contributed by atoms with van der Waals surface area (Å²) in [5, 5.41) is 4.30. The zero-order valence-electron chi connectivity index (χ0n) is 21.3. The average Bonchev–Trinajstić information content (AvgIpc) is 3.02. The quantitative estimate of drug-likeness (QED) is 0.251. The highest BCUT2D eigenvalue weighted by molar-refractivity contribution is 6.05. The average molecular weight is 493 g/mol. The number of hydroxylamine groups is 2. The molecule has 0 fully saturated rings. The molecule has 192 valence electrons. The van der Waals surface area contributed by atoms with E-state index in [1.807, 2.05) is 33.2 Å². The van der Waals surface area contributed by atoms with Crippen LogP contribution in [0.5, 0.6) is 0 Å². The van der Waals surface area contributed by atoms with E-state index in [0.717, 1.165) is 30.5 Å². The molecule has 0 unspecified atom stereocenters. The standard InChI is InChI=1S/C27H36N6O3/c1-4-13-33(36-18-19-6-10-23(28)11-7-19)27(35)22-15-20-8-9-21(16-24(20)31-25(29)17-22)26(34)30-12-5-14-32(2)3/h6-11,15-16H,4-5,12-14,17-18,28H2,1-3H3,(H2,29,31)(H,30,34). The van der Waals surface area contributed by atoms with Crippen molar-refractivity contribution in [2.24, 2.45) is 10.7 Å². The number of aliphatic imine (C=N–C) groups is 1. The smallest absolute Gasteiger partial charge is 0.273 e. The van der Waals surface area contributed by atoms with E-state index in [1.54, 1.807) is 36.4 Å². The minimum Gasteiger partial charge on any atom is -0.399 e. The molecule has 36 heavy (non-hydrogen) atoms. The maximum Gasteiger partial charge on any atom is 0.273 e. The van der Waals surface area contributed by atoms with Gasteiger partial charge < -0.3 is 21.7 Å². The van der Waals surface area contributed by atoms with Crippen molar-refractivity contribution >= 4 is 35.1 Å². The highest BCUT2D eigenvalue weighted by Crippen LogP contribution is 2.28. The third kappa shape index (κ3) is 7.66. The number of fused-ring (bicyclic) bond motifs is 1. The number of carbonyl (C=O) groups excluding carboxylic acids is 2. The van der Waals surface area contributed by atoms with Gasteiger partial charge in [-0.05, 0) is 69.4 Å². The molecule has 0 atom stereocenters. The van der Waals surface area contributed by atoms with E-state index in [9.17, 15) is 9.59 Å². The number of amides is 2. The van der Waals surface area contributed by atoms with Crippen molar-refractivity contribution < 1.29 is 14.4 Å². The van der Waals surface area contributed by atoms with Crippen molar-refractivity contribution in [3.8, 4) is 0 Å². The summed E-state index contributed by atoms with van der Waals surface area (Å²) in [5.41, 5.74) is 15.7. The van der Waals surface area contributed by atoms with E-state index in [1.165, 1.54) is 5.06 Å². The maximum absolute atomic E-state index is 13.4. The molecule has 1 aliphatic heterocycles. The van der Waals surface area contributed by atoms with Crippen LogP contribution in [0.15, 0.2) is 53.0 Å². The zero-order chi connectivity index (χ0) is 26.1. The molecule has 0 radical (unpaired) electrons. The lowest BCUT2D eigenvalue weighted by molar-refractivity contribution is -0.187. The van der Waals surface area contributed by atoms with E-state index >= 15 is 0 Å². The SMILES string of the molecule is CCCN(OCc1ccc(N)cc1)C(=O)C1=Cc2ccc(C(=O)NCCCN(C)C)cc2N=C(N)C1. The van der Waals surface area contributed by atoms with Crippen molar-refractivity contribution in [1.82, 2.24) is 15.3 Å². The molecule has 0 aliphatic carbocycles. The van der Waals surface area contributed by atoms with Gasteiger partial charge in [0, 0.05) is 41.9 Å². The number of benzene rings is 2. The Balaban J connectivity index is 1.74. The molecule has 3 rings (SSSR count). The normalized spacial score (nSPS) is 12.9. The van der Waals surface area contributed by atoms with Crippen LogP contribution in [0.2, 0.25) is 0 Å². The van der Waals surface area contributed by atoms with Crippen molar-refractivity contribution in [2.75, 3.05) is 39.5 Å². The summed E-state index contributed by atoms with van der Waals surface area (Å²) in [6.45, 7) is 4.13. The van der Waals surface area contributed by atoms with Gasteiger partial charge in [0.2, 0.25) is 0 Å². The Hall–Kier alpha value is -3.69. The van der Waals surface area contributed by atoms with Crippen LogP contribution in [0.1, 0.15) is 47.7 Å². The van der Waals surface area contributed by atoms with E-state index in [4.69, 9.17) is 16.3 Å². The molecule has 2 aromatic carbocycles. The van der Waals surface area contributed by atoms with Crippen molar-refractivity contribution in [2.45, 2.75) is 32.8 Å². The minimum absolute atomic E-state index is 0.167. The second-order valence-electron chi connectivity index (χ2n) is 9.06. The lowest BCUT2D eigenvalue weighted by Crippen LogP contribution is -2.34. The third-order valence-electron chi connectivity index (χ3n) is 5.62. The summed E-state index contributed by atoms with van der Waals surface area (Å²) < 4.78 is 0. The first kappa shape index (κ1) is 26.9. The summed E-state index contributed by atoms with van der Waals surface area (Å²) in [7, 11) is 3.99. The number of hydrogen-bond acceptors (Lipinski definition) is 7. The van der Waals surface area contributed by atoms with Crippen LogP contribution in [-0.2, 0) is 16.2 Å². The number of rotatable bonds is 11. The molecular weight excluding hydrogens is 456 g/mol. The van der Waals surface area contributed by atoms with Crippen LogP contribution in [0.3, 0.4) is 0 Å². The Bertz CT molecular complexity index is 1120. The van der Waals surface area contributed by atoms with Gasteiger partial charge in [0.25, 0.3) is 11.8 Å². The van der Waals surface area contributed by atoms with Gasteiger partial charge in [-0.2, -0.15) is 0 Å². The Kier molecular flexibility index (Phi) is 9.61. The van der Waals surface area contributed by atoms with Crippen molar-refractivity contribution in [1.29, 1.82) is 0 Å². The van der Waals surface area contributed by atoms with Crippen molar-refractivity contribution in [3.05, 3.63) is 64.7 Å². The van der Waals surface area contributed by atoms with Crippen LogP contribution in [0, 0.1) is 0 Å². The van der Waals surface area contributed by atoms with E-state index in [2.05, 4.69) is 15.2 Å². The summed E-state index contributed by atoms with van der Waals surface area (Å²) >= 11 is 0. The summed E-state index contributed by atoms with van der Waals surface area (Å²) in [4.78, 5) is 38.4. The van der Waals surface area contributed by atoms with Gasteiger partial charge in [0.15, 0.2) is 0 Å². The van der Waals surface area contributed by atoms with Crippen molar-refractivity contribution in [3.63, 3.8) is 0 Å². The molecule has 2 aromatic rings. The molecule has 9 nitrogen and oxygen atoms in total. The van der Waals surface area contributed by atoms with Gasteiger partial charge >= 0.3 is 0 Å². The molecule has 1 heterocycles. The molecule has 0 bridgehead atoms. The topological polar surface area (TPSA) is 126 Å². The number of hydrogen-bond donors (Lipinski definition) is 3. The fourth-order valence-electron chi connectivity index (χ4n) is 3.72. The summed E-state index contributed by atoms with van der Waals surface area (Å²) in [5.74, 6) is -0.132. The molecule has 0 saturated carbocycles. The number of nitrogens with two attached hydrogens (primary N) is 2. The second kappa shape index (κ2) is 12.9. The molecule has 0 saturated heterocycles. The summed E-state index contributed by atoms with van der Waals surface area (Å²) in [6, 6.07) is 12.6. The molecule has 2 amide bonds. The maximum atomic E-state index is 13.4. The summed E-state index contributed by atoms with van der Waals surface area (Å²) in [6.07, 6.45) is 3.55. The Morgan fingerprint density at radius 1 is 1.08 bits per heavy atom. The van der Waals surface area contributed by atoms with Gasteiger partial charge in [-0.25, -0.2) is 10.1 Å². The third-order valence-corrected chi connectivity index (χ3v) is 5.62. The molecule has 9 heteroatoms. The number of anilines is 1. The number of amidine groups is 1. The van der Waals surface area contributed by atoms with Crippen LogP contribution >= 0.6 is 0 Å². The van der Waals surface area contributed by atoms with Crippen LogP contribution in [-0.4, -0.2) is 61.3 Å². The van der Waals surface area contributed by atoms with E-state index in [-0.39, 0.29) is 24.8 Å². The fraction of sp³-hybridized carbons (Fsp3) is 0.370. The predicted molar refractivity (Wildman–Crippen MR) is 143 cm³/mol. The van der Waals surface area contributed by atoms with Crippen LogP contribution in [0.25, 0.3) is 6.08 Å². The number of nitrogens with one attached hydrogen (secondary N) is 1. The van der Waals surface area contributed by atoms with E-state index in [0.29, 0.717) is 41.4 Å². The molecule has 0 spiro atoms. The Labute approximate surface area is 212 Å². The number of nitrogens with zero attached hydrogens (tertiary/aromatic N) is 3. The highest BCUT2D eigenvalue weighted by Gasteiger charge is 2.23. The van der Waals surface area contributed by atoms with Gasteiger partial charge in [-0.15, -0.1) is 0 Å². The number of carbonyl (C=O) groups is 2. The molecule has 5 N–H and O–H groups in total. The predicted octanol–water partition coefficient (Wildman–Crippen LogP) is 3.10. The Morgan fingerprint density at radius 3 is 2.53 bits per heavy atom. The lowest BCUT2D eigenvalue weighted by Gasteiger charge is -2.22. The van der Waals surface area contributed by atoms with Gasteiger partial charge in [0.05, 0.1) is 5.69 Å². The first-order valence-corrected chi connectivity index (χ1v) is 12.2. The first-order chi connectivity index (χ1) is 17.3. The van der Waals surface area contributed by atoms with Crippen LogP contribution in [0.4, 0.5) is 11.4 Å². The highest BCUT2D eigenvalue weighted by atomic mass is 16.7. The largest absolute Gasteiger partial charge is 0.399 e. The van der Waals surface area contributed by atoms with Gasteiger partial charge in [-0.3, -0.25) is 14.4 Å². The second-order valence-corrected chi connectivity index (χ2v) is 9.06. The van der Waals surface area contributed by atoms with Gasteiger partial charge in [-0.1, -0.05) is 25.1 Å². The minimum atomic E-state index is -0.263. The number of nitrogen functional groups attached to an aromatic ring is 1. The molecule has 1 aliphatic rings. The monoisotopic (exact) mass is 492 g/mol. The lowest BCUT2D eigenvalue weighted by atomic mass is 10.0. The first-order valence-electron chi connectivity index (χ1n) is 12.2. The van der Waals surface area contributed by atoms with Gasteiger partial charge in [0.1, 0.15) is 12.4 Å². The molecular formula is C27H36N6O3. The zero-order valence-corrected chi connectivity index (χ0v) is 21.3. The van der Waals surface area contributed by atoms with E-state index < -0.39 is 0 Å². The Morgan fingerprint density at radius 2 is 1.83 bits per heavy atom. The molecule has 0 aromatic heterocycles. The van der Waals surface area contributed by atoms with Crippen LogP contribution < -0.4 is 16.8 Å².